The summed E-state index contributed by atoms with van der Waals surface area (Å²) in [6, 6.07) is 4.92. The maximum absolute atomic E-state index is 12.7. The fourth-order valence-corrected chi connectivity index (χ4v) is 4.92. The number of nitrogens with one attached hydrogen (secondary N) is 1. The number of likely N-dealkylation sites (tertiary alicyclic amines) is 1. The van der Waals surface area contributed by atoms with E-state index in [4.69, 9.17) is 0 Å². The lowest BCUT2D eigenvalue weighted by Gasteiger charge is -2.30. The topological polar surface area (TPSA) is 69.7 Å². The Morgan fingerprint density at radius 3 is 2.62 bits per heavy atom. The first kappa shape index (κ1) is 20.9. The Morgan fingerprint density at radius 1 is 1.31 bits per heavy atom. The van der Waals surface area contributed by atoms with E-state index in [1.807, 2.05) is 20.8 Å². The molecule has 0 spiro atoms. The zero-order valence-electron chi connectivity index (χ0n) is 16.3. The van der Waals surface area contributed by atoms with Gasteiger partial charge in [0.15, 0.2) is 0 Å². The molecule has 26 heavy (non-hydrogen) atoms. The van der Waals surface area contributed by atoms with Crippen molar-refractivity contribution >= 4 is 21.6 Å². The molecule has 0 bridgehead atoms. The molecule has 0 aliphatic carbocycles. The molecule has 6 nitrogen and oxygen atoms in total. The van der Waals surface area contributed by atoms with Crippen LogP contribution in [0.4, 0.5) is 5.69 Å². The van der Waals surface area contributed by atoms with Crippen molar-refractivity contribution in [2.75, 3.05) is 38.0 Å². The van der Waals surface area contributed by atoms with Crippen molar-refractivity contribution in [2.45, 2.75) is 45.4 Å². The van der Waals surface area contributed by atoms with Gasteiger partial charge in [-0.25, -0.2) is 8.42 Å². The number of piperidine rings is 1. The monoisotopic (exact) mass is 381 g/mol. The van der Waals surface area contributed by atoms with Crippen molar-refractivity contribution in [3.63, 3.8) is 0 Å². The smallest absolute Gasteiger partial charge is 0.243 e. The van der Waals surface area contributed by atoms with Crippen LogP contribution in [-0.4, -0.2) is 56.3 Å². The van der Waals surface area contributed by atoms with Gasteiger partial charge in [0.2, 0.25) is 15.9 Å². The van der Waals surface area contributed by atoms with Crippen LogP contribution in [0.5, 0.6) is 0 Å². The number of aryl methyl sites for hydroxylation is 1. The summed E-state index contributed by atoms with van der Waals surface area (Å²) in [5.74, 6) is 0.514. The molecule has 1 atom stereocenters. The van der Waals surface area contributed by atoms with Gasteiger partial charge in [-0.1, -0.05) is 26.8 Å². The van der Waals surface area contributed by atoms with E-state index in [-0.39, 0.29) is 10.8 Å². The summed E-state index contributed by atoms with van der Waals surface area (Å²) in [5, 5.41) is 2.90. The number of carbonyl (C=O) groups excluding carboxylic acids is 1. The molecule has 1 aromatic rings. The molecule has 146 valence electrons. The Labute approximate surface area is 157 Å². The van der Waals surface area contributed by atoms with Crippen LogP contribution >= 0.6 is 0 Å². The van der Waals surface area contributed by atoms with Gasteiger partial charge in [-0.3, -0.25) is 9.69 Å². The molecule has 0 radical (unpaired) electrons. The van der Waals surface area contributed by atoms with Crippen LogP contribution in [0.3, 0.4) is 0 Å². The number of hydrogen-bond acceptors (Lipinski definition) is 4. The first-order chi connectivity index (χ1) is 12.3. The van der Waals surface area contributed by atoms with Crippen molar-refractivity contribution in [1.29, 1.82) is 0 Å². The molecule has 1 aliphatic rings. The normalized spacial score (nSPS) is 18.9. The van der Waals surface area contributed by atoms with Gasteiger partial charge >= 0.3 is 0 Å². The molecule has 1 aliphatic heterocycles. The second-order valence-electron chi connectivity index (χ2n) is 7.10. The average Bonchev–Trinajstić information content (AvgIpc) is 2.57. The Hall–Kier alpha value is -1.44. The number of hydrogen-bond donors (Lipinski definition) is 1. The Balaban J connectivity index is 2.13. The number of rotatable bonds is 7. The number of sulfonamides is 1. The minimum absolute atomic E-state index is 0.0976. The van der Waals surface area contributed by atoms with Gasteiger partial charge in [-0.15, -0.1) is 0 Å². The van der Waals surface area contributed by atoms with Crippen LogP contribution < -0.4 is 5.32 Å². The summed E-state index contributed by atoms with van der Waals surface area (Å²) in [6.07, 6.45) is 2.33. The summed E-state index contributed by atoms with van der Waals surface area (Å²) in [6.45, 7) is 10.8. The van der Waals surface area contributed by atoms with Crippen molar-refractivity contribution in [1.82, 2.24) is 9.21 Å². The number of nitrogens with zero attached hydrogens (tertiary/aromatic N) is 2. The molecule has 0 saturated carbocycles. The van der Waals surface area contributed by atoms with E-state index in [0.717, 1.165) is 25.1 Å². The standard InChI is InChI=1S/C19H31N3O3S/c1-5-22(6-2)26(24,25)17-10-9-16(4)18(12-17)20-19(23)14-21-11-7-8-15(3)13-21/h9-10,12,15H,5-8,11,13-14H2,1-4H3,(H,20,23). The van der Waals surface area contributed by atoms with Gasteiger partial charge in [0, 0.05) is 25.3 Å². The van der Waals surface area contributed by atoms with E-state index in [2.05, 4.69) is 17.1 Å². The van der Waals surface area contributed by atoms with Crippen LogP contribution in [0.25, 0.3) is 0 Å². The molecule has 7 heteroatoms. The van der Waals surface area contributed by atoms with Crippen molar-refractivity contribution < 1.29 is 13.2 Å². The van der Waals surface area contributed by atoms with Crippen LogP contribution in [0, 0.1) is 12.8 Å². The second kappa shape index (κ2) is 8.97. The molecular weight excluding hydrogens is 350 g/mol. The van der Waals surface area contributed by atoms with E-state index in [1.54, 1.807) is 18.2 Å². The first-order valence-electron chi connectivity index (χ1n) is 9.40. The van der Waals surface area contributed by atoms with Crippen LogP contribution in [0.15, 0.2) is 23.1 Å². The molecule has 1 aromatic carbocycles. The maximum Gasteiger partial charge on any atom is 0.243 e. The first-order valence-corrected chi connectivity index (χ1v) is 10.8. The molecule has 1 amide bonds. The Bertz CT molecular complexity index is 730. The van der Waals surface area contributed by atoms with Crippen LogP contribution in [0.1, 0.15) is 39.2 Å². The third-order valence-electron chi connectivity index (χ3n) is 4.93. The summed E-state index contributed by atoms with van der Waals surface area (Å²) in [4.78, 5) is 14.8. The number of benzene rings is 1. The Morgan fingerprint density at radius 2 is 2.00 bits per heavy atom. The predicted octanol–water partition coefficient (Wildman–Crippen LogP) is 2.70. The van der Waals surface area contributed by atoms with E-state index in [1.165, 1.54) is 10.7 Å². The highest BCUT2D eigenvalue weighted by Gasteiger charge is 2.23. The Kier molecular flexibility index (Phi) is 7.20. The quantitative estimate of drug-likeness (QED) is 0.788. The van der Waals surface area contributed by atoms with Gasteiger partial charge in [-0.05, 0) is 49.9 Å². The highest BCUT2D eigenvalue weighted by molar-refractivity contribution is 7.89. The molecule has 0 aromatic heterocycles. The highest BCUT2D eigenvalue weighted by atomic mass is 32.2. The van der Waals surface area contributed by atoms with Gasteiger partial charge < -0.3 is 5.32 Å². The van der Waals surface area contributed by atoms with Gasteiger partial charge in [0.25, 0.3) is 0 Å². The number of carbonyl (C=O) groups is 1. The summed E-state index contributed by atoms with van der Waals surface area (Å²) in [5.41, 5.74) is 1.41. The minimum atomic E-state index is -3.54. The molecule has 2 rings (SSSR count). The summed E-state index contributed by atoms with van der Waals surface area (Å²) >= 11 is 0. The second-order valence-corrected chi connectivity index (χ2v) is 9.03. The number of anilines is 1. The third kappa shape index (κ3) is 5.05. The van der Waals surface area contributed by atoms with Crippen molar-refractivity contribution in [3.05, 3.63) is 23.8 Å². The van der Waals surface area contributed by atoms with Crippen LogP contribution in [0.2, 0.25) is 0 Å². The lowest BCUT2D eigenvalue weighted by Crippen LogP contribution is -2.39. The zero-order valence-corrected chi connectivity index (χ0v) is 17.1. The molecule has 1 heterocycles. The fourth-order valence-electron chi connectivity index (χ4n) is 3.43. The molecule has 1 N–H and O–H groups in total. The van der Waals surface area contributed by atoms with E-state index < -0.39 is 10.0 Å². The van der Waals surface area contributed by atoms with Crippen molar-refractivity contribution in [2.24, 2.45) is 5.92 Å². The lowest BCUT2D eigenvalue weighted by atomic mass is 10.0. The fraction of sp³-hybridized carbons (Fsp3) is 0.632. The predicted molar refractivity (Wildman–Crippen MR) is 105 cm³/mol. The van der Waals surface area contributed by atoms with Crippen LogP contribution in [-0.2, 0) is 14.8 Å². The molecule has 1 unspecified atom stereocenters. The molecular formula is C19H31N3O3S. The van der Waals surface area contributed by atoms with Gasteiger partial charge in [-0.2, -0.15) is 4.31 Å². The highest BCUT2D eigenvalue weighted by Crippen LogP contribution is 2.23. The molecule has 1 fully saturated rings. The minimum Gasteiger partial charge on any atom is -0.325 e. The van der Waals surface area contributed by atoms with E-state index in [9.17, 15) is 13.2 Å². The number of amides is 1. The lowest BCUT2D eigenvalue weighted by molar-refractivity contribution is -0.117. The third-order valence-corrected chi connectivity index (χ3v) is 6.98. The van der Waals surface area contributed by atoms with Gasteiger partial charge in [0.05, 0.1) is 11.4 Å². The van der Waals surface area contributed by atoms with E-state index >= 15 is 0 Å². The largest absolute Gasteiger partial charge is 0.325 e. The summed E-state index contributed by atoms with van der Waals surface area (Å²) in [7, 11) is -3.54. The van der Waals surface area contributed by atoms with E-state index in [0.29, 0.717) is 31.2 Å². The SMILES string of the molecule is CCN(CC)S(=O)(=O)c1ccc(C)c(NC(=O)CN2CCCC(C)C2)c1. The summed E-state index contributed by atoms with van der Waals surface area (Å²) < 4.78 is 26.8. The zero-order chi connectivity index (χ0) is 19.3. The maximum atomic E-state index is 12.7. The molecule has 1 saturated heterocycles. The average molecular weight is 382 g/mol. The van der Waals surface area contributed by atoms with Gasteiger partial charge in [0.1, 0.15) is 0 Å². The van der Waals surface area contributed by atoms with Crippen molar-refractivity contribution in [3.8, 4) is 0 Å².